The predicted molar refractivity (Wildman–Crippen MR) is 146 cm³/mol. The Labute approximate surface area is 223 Å². The summed E-state index contributed by atoms with van der Waals surface area (Å²) in [6.07, 6.45) is 9.71. The fourth-order valence-corrected chi connectivity index (χ4v) is 5.41. The van der Waals surface area contributed by atoms with E-state index in [1.165, 1.54) is 36.8 Å². The number of hydrogen-bond acceptors (Lipinski definition) is 1. The van der Waals surface area contributed by atoms with Gasteiger partial charge in [0.05, 0.1) is 6.61 Å². The Morgan fingerprint density at radius 2 is 1.47 bits per heavy atom. The van der Waals surface area contributed by atoms with Crippen molar-refractivity contribution in [2.75, 3.05) is 6.61 Å². The largest absolute Gasteiger partial charge is 0.490 e. The first-order valence-corrected chi connectivity index (χ1v) is 13.6. The molecule has 0 spiro atoms. The minimum Gasteiger partial charge on any atom is -0.490 e. The normalized spacial score (nSPS) is 18.6. The molecule has 1 fully saturated rings. The van der Waals surface area contributed by atoms with Crippen LogP contribution in [-0.4, -0.2) is 12.8 Å². The minimum absolute atomic E-state index is 0.0207. The third-order valence-corrected chi connectivity index (χ3v) is 7.68. The van der Waals surface area contributed by atoms with Crippen LogP contribution in [0.2, 0.25) is 0 Å². The Kier molecular flexibility index (Phi) is 9.65. The molecule has 0 amide bonds. The summed E-state index contributed by atoms with van der Waals surface area (Å²) in [7, 11) is 0. The van der Waals surface area contributed by atoms with Gasteiger partial charge in [0.2, 0.25) is 0 Å². The molecular formula is C33H36F4O. The molecular weight excluding hydrogens is 488 g/mol. The van der Waals surface area contributed by atoms with Crippen molar-refractivity contribution < 1.29 is 22.3 Å². The molecule has 3 aromatic carbocycles. The summed E-state index contributed by atoms with van der Waals surface area (Å²) in [4.78, 5) is 0. The molecule has 1 nitrogen and oxygen atoms in total. The maximum absolute atomic E-state index is 14.9. The van der Waals surface area contributed by atoms with Crippen molar-refractivity contribution >= 4 is 0 Å². The van der Waals surface area contributed by atoms with Crippen molar-refractivity contribution in [3.8, 4) is 28.0 Å². The molecule has 1 atom stereocenters. The second-order valence-corrected chi connectivity index (χ2v) is 10.4. The average Bonchev–Trinajstić information content (AvgIpc) is 2.90. The lowest BCUT2D eigenvalue weighted by Gasteiger charge is -2.30. The van der Waals surface area contributed by atoms with Gasteiger partial charge in [-0.25, -0.2) is 17.6 Å². The number of ether oxygens (including phenoxy) is 1. The average molecular weight is 525 g/mol. The van der Waals surface area contributed by atoms with E-state index < -0.39 is 23.6 Å². The van der Waals surface area contributed by atoms with Crippen LogP contribution in [0.25, 0.3) is 22.3 Å². The van der Waals surface area contributed by atoms with Crippen LogP contribution >= 0.6 is 0 Å². The molecule has 0 N–H and O–H groups in total. The number of alkyl halides is 1. The summed E-state index contributed by atoms with van der Waals surface area (Å²) >= 11 is 0. The summed E-state index contributed by atoms with van der Waals surface area (Å²) in [5, 5.41) is 0. The zero-order valence-electron chi connectivity index (χ0n) is 22.2. The number of halogens is 4. The van der Waals surface area contributed by atoms with Crippen molar-refractivity contribution in [2.24, 2.45) is 11.8 Å². The number of benzene rings is 3. The van der Waals surface area contributed by atoms with Gasteiger partial charge in [-0.05, 0) is 92.3 Å². The first kappa shape index (κ1) is 27.9. The Balaban J connectivity index is 1.31. The molecule has 3 aromatic rings. The number of rotatable bonds is 10. The zero-order valence-corrected chi connectivity index (χ0v) is 22.2. The lowest BCUT2D eigenvalue weighted by atomic mass is 9.77. The first-order valence-electron chi connectivity index (χ1n) is 13.6. The highest BCUT2D eigenvalue weighted by Crippen LogP contribution is 2.36. The molecule has 0 bridgehead atoms. The van der Waals surface area contributed by atoms with Gasteiger partial charge in [0.25, 0.3) is 0 Å². The van der Waals surface area contributed by atoms with E-state index in [-0.39, 0.29) is 30.3 Å². The molecule has 0 aliphatic heterocycles. The van der Waals surface area contributed by atoms with Crippen molar-refractivity contribution in [1.29, 1.82) is 0 Å². The molecule has 202 valence electrons. The van der Waals surface area contributed by atoms with Gasteiger partial charge in [-0.2, -0.15) is 0 Å². The standard InChI is InChI=1S/C33H36F4O/c1-3-4-5-6-23-8-10-24(11-9-23)29(34)17-18-38-33-16-13-26(21-32(33)37)28-15-12-25(20-31(28)36)27-14-7-22(2)19-30(27)35/h3-4,7,12-16,19-21,23-24,29H,5-6,8-11,17-18H2,1-2H3/b4-3+. The second kappa shape index (κ2) is 13.1. The van der Waals surface area contributed by atoms with E-state index in [2.05, 4.69) is 12.2 Å². The molecule has 0 saturated heterocycles. The monoisotopic (exact) mass is 524 g/mol. The smallest absolute Gasteiger partial charge is 0.165 e. The molecule has 0 aromatic heterocycles. The highest BCUT2D eigenvalue weighted by atomic mass is 19.1. The van der Waals surface area contributed by atoms with Crippen LogP contribution in [0.3, 0.4) is 0 Å². The van der Waals surface area contributed by atoms with Crippen LogP contribution in [-0.2, 0) is 0 Å². The van der Waals surface area contributed by atoms with E-state index in [1.54, 1.807) is 31.2 Å². The van der Waals surface area contributed by atoms with Gasteiger partial charge in [0.15, 0.2) is 11.6 Å². The molecule has 0 radical (unpaired) electrons. The van der Waals surface area contributed by atoms with Crippen LogP contribution in [0.15, 0.2) is 66.7 Å². The summed E-state index contributed by atoms with van der Waals surface area (Å²) in [6.45, 7) is 3.90. The molecule has 5 heteroatoms. The quantitative estimate of drug-likeness (QED) is 0.189. The van der Waals surface area contributed by atoms with Crippen molar-refractivity contribution in [3.05, 3.63) is 89.8 Å². The van der Waals surface area contributed by atoms with E-state index in [0.717, 1.165) is 37.7 Å². The van der Waals surface area contributed by atoms with Gasteiger partial charge < -0.3 is 4.74 Å². The predicted octanol–water partition coefficient (Wildman–Crippen LogP) is 10.0. The topological polar surface area (TPSA) is 9.23 Å². The van der Waals surface area contributed by atoms with E-state index in [9.17, 15) is 17.6 Å². The minimum atomic E-state index is -0.959. The third-order valence-electron chi connectivity index (χ3n) is 7.68. The van der Waals surface area contributed by atoms with E-state index in [0.29, 0.717) is 22.6 Å². The van der Waals surface area contributed by atoms with Crippen LogP contribution in [0, 0.1) is 36.2 Å². The van der Waals surface area contributed by atoms with Gasteiger partial charge in [-0.1, -0.05) is 55.3 Å². The molecule has 1 aliphatic rings. The third kappa shape index (κ3) is 7.06. The summed E-state index contributed by atoms with van der Waals surface area (Å²) in [5.41, 5.74) is 2.04. The van der Waals surface area contributed by atoms with Gasteiger partial charge in [-0.15, -0.1) is 0 Å². The highest BCUT2D eigenvalue weighted by molar-refractivity contribution is 5.72. The molecule has 1 saturated carbocycles. The fourth-order valence-electron chi connectivity index (χ4n) is 5.41. The maximum atomic E-state index is 14.9. The summed E-state index contributed by atoms with van der Waals surface area (Å²) in [6, 6.07) is 13.4. The molecule has 4 rings (SSSR count). The van der Waals surface area contributed by atoms with Crippen LogP contribution in [0.5, 0.6) is 5.75 Å². The number of hydrogen-bond donors (Lipinski definition) is 0. The first-order chi connectivity index (χ1) is 18.4. The Bertz CT molecular complexity index is 1240. The van der Waals surface area contributed by atoms with Crippen LogP contribution in [0.4, 0.5) is 17.6 Å². The Hall–Kier alpha value is -3.08. The SMILES string of the molecule is C/C=C/CCC1CCC(C(F)CCOc2ccc(-c3ccc(-c4ccc(C)cc4F)cc3F)cc2F)CC1. The summed E-state index contributed by atoms with van der Waals surface area (Å²) in [5.74, 6) is -0.883. The molecule has 1 aliphatic carbocycles. The van der Waals surface area contributed by atoms with E-state index in [4.69, 9.17) is 4.74 Å². The lowest BCUT2D eigenvalue weighted by molar-refractivity contribution is 0.127. The van der Waals surface area contributed by atoms with Crippen molar-refractivity contribution in [2.45, 2.75) is 65.0 Å². The van der Waals surface area contributed by atoms with Crippen molar-refractivity contribution in [3.63, 3.8) is 0 Å². The van der Waals surface area contributed by atoms with Crippen LogP contribution < -0.4 is 4.74 Å². The zero-order chi connectivity index (χ0) is 27.1. The highest BCUT2D eigenvalue weighted by Gasteiger charge is 2.27. The fraction of sp³-hybridized carbons (Fsp3) is 0.394. The number of allylic oxidation sites excluding steroid dienone is 2. The lowest BCUT2D eigenvalue weighted by Crippen LogP contribution is -2.24. The molecule has 1 unspecified atom stereocenters. The van der Waals surface area contributed by atoms with Gasteiger partial charge in [0.1, 0.15) is 17.8 Å². The second-order valence-electron chi connectivity index (χ2n) is 10.4. The number of aryl methyl sites for hydroxylation is 1. The van der Waals surface area contributed by atoms with E-state index in [1.807, 2.05) is 6.92 Å². The summed E-state index contributed by atoms with van der Waals surface area (Å²) < 4.78 is 64.3. The van der Waals surface area contributed by atoms with E-state index >= 15 is 0 Å². The van der Waals surface area contributed by atoms with Gasteiger partial charge >= 0.3 is 0 Å². The molecule has 38 heavy (non-hydrogen) atoms. The Morgan fingerprint density at radius 3 is 2.11 bits per heavy atom. The van der Waals surface area contributed by atoms with Crippen molar-refractivity contribution in [1.82, 2.24) is 0 Å². The Morgan fingerprint density at radius 1 is 0.842 bits per heavy atom. The molecule has 0 heterocycles. The van der Waals surface area contributed by atoms with Crippen LogP contribution in [0.1, 0.15) is 57.4 Å². The maximum Gasteiger partial charge on any atom is 0.165 e. The van der Waals surface area contributed by atoms with Gasteiger partial charge in [0, 0.05) is 17.5 Å². The van der Waals surface area contributed by atoms with Gasteiger partial charge in [-0.3, -0.25) is 0 Å².